The van der Waals surface area contributed by atoms with Gasteiger partial charge in [0.05, 0.1) is 6.04 Å². The molecule has 21 heavy (non-hydrogen) atoms. The Morgan fingerprint density at radius 2 is 2.10 bits per heavy atom. The van der Waals surface area contributed by atoms with Gasteiger partial charge in [0.15, 0.2) is 0 Å². The number of anilines is 2. The predicted molar refractivity (Wildman–Crippen MR) is 87.8 cm³/mol. The Morgan fingerprint density at radius 3 is 2.81 bits per heavy atom. The Labute approximate surface area is 133 Å². The molecule has 0 amide bonds. The summed E-state index contributed by atoms with van der Waals surface area (Å²) in [4.78, 5) is 0. The summed E-state index contributed by atoms with van der Waals surface area (Å²) in [6.07, 6.45) is 2.00. The molecule has 6 heteroatoms. The SMILES string of the molecule is CCCNC(C)c1nnc(Nc2ccc(Br)cc2CC)o1. The number of benzene rings is 1. The van der Waals surface area contributed by atoms with Crippen LogP contribution in [0.2, 0.25) is 0 Å². The summed E-state index contributed by atoms with van der Waals surface area (Å²) in [5, 5.41) is 14.7. The van der Waals surface area contributed by atoms with Crippen LogP contribution in [0.5, 0.6) is 0 Å². The van der Waals surface area contributed by atoms with Crippen molar-refractivity contribution in [3.63, 3.8) is 0 Å². The maximum Gasteiger partial charge on any atom is 0.320 e. The standard InChI is InChI=1S/C15H21BrN4O/c1-4-8-17-10(3)14-19-20-15(21-14)18-13-7-6-12(16)9-11(13)5-2/h6-7,9-10,17H,4-5,8H2,1-3H3,(H,18,20). The molecule has 0 aliphatic rings. The van der Waals surface area contributed by atoms with E-state index in [1.54, 1.807) is 0 Å². The van der Waals surface area contributed by atoms with Gasteiger partial charge in [0.1, 0.15) is 0 Å². The van der Waals surface area contributed by atoms with Gasteiger partial charge in [-0.15, -0.1) is 5.10 Å². The summed E-state index contributed by atoms with van der Waals surface area (Å²) >= 11 is 3.48. The highest BCUT2D eigenvalue weighted by Crippen LogP contribution is 2.25. The number of aryl methyl sites for hydroxylation is 1. The summed E-state index contributed by atoms with van der Waals surface area (Å²) in [6.45, 7) is 7.19. The maximum atomic E-state index is 5.67. The van der Waals surface area contributed by atoms with Crippen LogP contribution < -0.4 is 10.6 Å². The van der Waals surface area contributed by atoms with E-state index in [4.69, 9.17) is 4.42 Å². The molecule has 0 bridgehead atoms. The first-order valence-corrected chi connectivity index (χ1v) is 8.05. The molecule has 1 unspecified atom stereocenters. The second-order valence-electron chi connectivity index (χ2n) is 4.90. The van der Waals surface area contributed by atoms with Crippen LogP contribution in [0, 0.1) is 0 Å². The molecular formula is C15H21BrN4O. The van der Waals surface area contributed by atoms with E-state index in [0.29, 0.717) is 11.9 Å². The molecule has 1 aromatic carbocycles. The van der Waals surface area contributed by atoms with Gasteiger partial charge in [-0.05, 0) is 50.1 Å². The van der Waals surface area contributed by atoms with Gasteiger partial charge in [-0.1, -0.05) is 34.9 Å². The largest absolute Gasteiger partial charge is 0.406 e. The Balaban J connectivity index is 2.09. The molecule has 1 heterocycles. The normalized spacial score (nSPS) is 12.4. The van der Waals surface area contributed by atoms with Gasteiger partial charge < -0.3 is 15.1 Å². The topological polar surface area (TPSA) is 63.0 Å². The molecule has 1 aromatic heterocycles. The van der Waals surface area contributed by atoms with Crippen LogP contribution in [0.15, 0.2) is 27.1 Å². The summed E-state index contributed by atoms with van der Waals surface area (Å²) in [7, 11) is 0. The summed E-state index contributed by atoms with van der Waals surface area (Å²) < 4.78 is 6.73. The molecule has 0 spiro atoms. The fraction of sp³-hybridized carbons (Fsp3) is 0.467. The van der Waals surface area contributed by atoms with E-state index in [9.17, 15) is 0 Å². The van der Waals surface area contributed by atoms with Crippen molar-refractivity contribution in [2.75, 3.05) is 11.9 Å². The molecule has 0 aliphatic heterocycles. The number of rotatable bonds is 7. The molecule has 0 saturated heterocycles. The van der Waals surface area contributed by atoms with E-state index in [-0.39, 0.29) is 6.04 Å². The molecule has 114 valence electrons. The first kappa shape index (κ1) is 16.0. The van der Waals surface area contributed by atoms with Crippen LogP contribution in [0.4, 0.5) is 11.7 Å². The highest BCUT2D eigenvalue weighted by atomic mass is 79.9. The van der Waals surface area contributed by atoms with E-state index >= 15 is 0 Å². The van der Waals surface area contributed by atoms with Gasteiger partial charge in [-0.25, -0.2) is 0 Å². The minimum atomic E-state index is 0.0589. The van der Waals surface area contributed by atoms with Gasteiger partial charge in [0.25, 0.3) is 0 Å². The molecule has 1 atom stereocenters. The average molecular weight is 353 g/mol. The van der Waals surface area contributed by atoms with E-state index in [1.165, 1.54) is 5.56 Å². The molecule has 0 radical (unpaired) electrons. The summed E-state index contributed by atoms with van der Waals surface area (Å²) in [6, 6.07) is 6.57. The van der Waals surface area contributed by atoms with Crippen LogP contribution in [-0.4, -0.2) is 16.7 Å². The quantitative estimate of drug-likeness (QED) is 0.781. The predicted octanol–water partition coefficient (Wildman–Crippen LogP) is 4.20. The van der Waals surface area contributed by atoms with E-state index in [1.807, 2.05) is 19.1 Å². The number of hydrogen-bond acceptors (Lipinski definition) is 5. The lowest BCUT2D eigenvalue weighted by Crippen LogP contribution is -2.19. The number of nitrogens with one attached hydrogen (secondary N) is 2. The molecule has 2 rings (SSSR count). The van der Waals surface area contributed by atoms with Crippen molar-refractivity contribution in [2.45, 2.75) is 39.7 Å². The van der Waals surface area contributed by atoms with Gasteiger partial charge >= 0.3 is 6.01 Å². The van der Waals surface area contributed by atoms with Crippen molar-refractivity contribution in [3.8, 4) is 0 Å². The number of aromatic nitrogens is 2. The highest BCUT2D eigenvalue weighted by Gasteiger charge is 2.13. The Bertz CT molecular complexity index is 585. The lowest BCUT2D eigenvalue weighted by atomic mass is 10.1. The van der Waals surface area contributed by atoms with Crippen molar-refractivity contribution in [3.05, 3.63) is 34.1 Å². The van der Waals surface area contributed by atoms with Gasteiger partial charge in [-0.2, -0.15) is 0 Å². The monoisotopic (exact) mass is 352 g/mol. The summed E-state index contributed by atoms with van der Waals surface area (Å²) in [5.41, 5.74) is 2.19. The zero-order chi connectivity index (χ0) is 15.2. The van der Waals surface area contributed by atoms with Crippen LogP contribution >= 0.6 is 15.9 Å². The molecule has 0 fully saturated rings. The number of hydrogen-bond donors (Lipinski definition) is 2. The van der Waals surface area contributed by atoms with Crippen molar-refractivity contribution in [1.29, 1.82) is 0 Å². The molecule has 0 aliphatic carbocycles. The van der Waals surface area contributed by atoms with Gasteiger partial charge in [0.2, 0.25) is 5.89 Å². The van der Waals surface area contributed by atoms with E-state index < -0.39 is 0 Å². The molecular weight excluding hydrogens is 332 g/mol. The second-order valence-corrected chi connectivity index (χ2v) is 5.82. The highest BCUT2D eigenvalue weighted by molar-refractivity contribution is 9.10. The first-order chi connectivity index (χ1) is 10.1. The molecule has 5 nitrogen and oxygen atoms in total. The Hall–Kier alpha value is -1.40. The van der Waals surface area contributed by atoms with Crippen molar-refractivity contribution >= 4 is 27.6 Å². The van der Waals surface area contributed by atoms with Crippen LogP contribution in [0.1, 0.15) is 44.7 Å². The zero-order valence-electron chi connectivity index (χ0n) is 12.6. The van der Waals surface area contributed by atoms with Gasteiger partial charge in [0, 0.05) is 10.2 Å². The molecule has 2 N–H and O–H groups in total. The van der Waals surface area contributed by atoms with Gasteiger partial charge in [-0.3, -0.25) is 0 Å². The van der Waals surface area contributed by atoms with Crippen LogP contribution in [-0.2, 0) is 6.42 Å². The number of halogens is 1. The minimum absolute atomic E-state index is 0.0589. The zero-order valence-corrected chi connectivity index (χ0v) is 14.2. The fourth-order valence-electron chi connectivity index (χ4n) is 2.00. The smallest absolute Gasteiger partial charge is 0.320 e. The Kier molecular flexibility index (Phi) is 5.76. The van der Waals surface area contributed by atoms with Crippen molar-refractivity contribution in [1.82, 2.24) is 15.5 Å². The fourth-order valence-corrected chi connectivity index (χ4v) is 2.41. The molecule has 0 saturated carbocycles. The third-order valence-corrected chi connectivity index (χ3v) is 3.69. The lowest BCUT2D eigenvalue weighted by Gasteiger charge is -2.09. The average Bonchev–Trinajstić information content (AvgIpc) is 2.95. The van der Waals surface area contributed by atoms with Crippen molar-refractivity contribution < 1.29 is 4.42 Å². The lowest BCUT2D eigenvalue weighted by molar-refractivity contribution is 0.424. The third kappa shape index (κ3) is 4.28. The minimum Gasteiger partial charge on any atom is -0.406 e. The van der Waals surface area contributed by atoms with Crippen LogP contribution in [0.25, 0.3) is 0 Å². The third-order valence-electron chi connectivity index (χ3n) is 3.20. The summed E-state index contributed by atoms with van der Waals surface area (Å²) in [5.74, 6) is 0.598. The number of nitrogens with zero attached hydrogens (tertiary/aromatic N) is 2. The second kappa shape index (κ2) is 7.56. The Morgan fingerprint density at radius 1 is 1.29 bits per heavy atom. The van der Waals surface area contributed by atoms with E-state index in [2.05, 4.69) is 56.7 Å². The molecule has 2 aromatic rings. The van der Waals surface area contributed by atoms with Crippen molar-refractivity contribution in [2.24, 2.45) is 0 Å². The van der Waals surface area contributed by atoms with E-state index in [0.717, 1.165) is 29.5 Å². The first-order valence-electron chi connectivity index (χ1n) is 7.26. The maximum absolute atomic E-state index is 5.67. The van der Waals surface area contributed by atoms with Crippen LogP contribution in [0.3, 0.4) is 0 Å².